The lowest BCUT2D eigenvalue weighted by Crippen LogP contribution is -2.09. The van der Waals surface area contributed by atoms with E-state index in [1.165, 1.54) is 17.5 Å². The number of rotatable bonds is 4. The molecule has 0 unspecified atom stereocenters. The van der Waals surface area contributed by atoms with Crippen LogP contribution in [0.5, 0.6) is 0 Å². The molecule has 0 fully saturated rings. The van der Waals surface area contributed by atoms with Gasteiger partial charge in [-0.2, -0.15) is 13.2 Å². The van der Waals surface area contributed by atoms with E-state index in [0.29, 0.717) is 11.6 Å². The molecule has 0 aliphatic rings. The van der Waals surface area contributed by atoms with E-state index in [2.05, 4.69) is 5.32 Å². The molecule has 21 heavy (non-hydrogen) atoms. The Labute approximate surface area is 120 Å². The van der Waals surface area contributed by atoms with Gasteiger partial charge in [-0.15, -0.1) is 0 Å². The maximum atomic E-state index is 13.1. The van der Waals surface area contributed by atoms with Gasteiger partial charge in [0, 0.05) is 23.7 Å². The van der Waals surface area contributed by atoms with Crippen LogP contribution in [0.15, 0.2) is 29.6 Å². The lowest BCUT2D eigenvalue weighted by Gasteiger charge is -2.11. The highest BCUT2D eigenvalue weighted by atomic mass is 32.1. The Balaban J connectivity index is 2.11. The first-order chi connectivity index (χ1) is 9.77. The molecule has 0 saturated heterocycles. The molecule has 2 aromatic rings. The summed E-state index contributed by atoms with van der Waals surface area (Å²) in [5.74, 6) is -1.35. The highest BCUT2D eigenvalue weighted by Gasteiger charge is 2.34. The van der Waals surface area contributed by atoms with Crippen LogP contribution in [-0.4, -0.2) is 4.92 Å². The van der Waals surface area contributed by atoms with Gasteiger partial charge in [0.2, 0.25) is 0 Å². The summed E-state index contributed by atoms with van der Waals surface area (Å²) in [5.41, 5.74) is -0.717. The van der Waals surface area contributed by atoms with E-state index in [-0.39, 0.29) is 17.2 Å². The number of anilines is 1. The highest BCUT2D eigenvalue weighted by molar-refractivity contribution is 7.13. The number of benzene rings is 1. The maximum Gasteiger partial charge on any atom is 0.419 e. The molecule has 0 atom stereocenters. The first kappa shape index (κ1) is 15.2. The molecule has 9 heteroatoms. The molecule has 0 radical (unpaired) electrons. The molecule has 2 rings (SSSR count). The van der Waals surface area contributed by atoms with Crippen molar-refractivity contribution in [2.75, 3.05) is 5.32 Å². The molecule has 0 amide bonds. The minimum Gasteiger partial charge on any atom is -0.381 e. The van der Waals surface area contributed by atoms with E-state index in [0.717, 1.165) is 17.4 Å². The van der Waals surface area contributed by atoms with E-state index in [1.54, 1.807) is 0 Å². The molecule has 1 N–H and O–H groups in total. The summed E-state index contributed by atoms with van der Waals surface area (Å²) < 4.78 is 50.7. The van der Waals surface area contributed by atoms with Crippen LogP contribution in [0.1, 0.15) is 11.1 Å². The second-order valence-electron chi connectivity index (χ2n) is 4.10. The zero-order chi connectivity index (χ0) is 15.6. The minimum atomic E-state index is -4.77. The number of hydrogen-bond donors (Lipinski definition) is 1. The summed E-state index contributed by atoms with van der Waals surface area (Å²) in [6.45, 7) is 0.104. The molecule has 1 aromatic carbocycles. The van der Waals surface area contributed by atoms with Crippen molar-refractivity contribution < 1.29 is 22.5 Å². The fraction of sp³-hybridized carbons (Fsp3) is 0.167. The van der Waals surface area contributed by atoms with Crippen molar-refractivity contribution in [1.82, 2.24) is 0 Å². The lowest BCUT2D eigenvalue weighted by molar-refractivity contribution is -0.380. The molecule has 0 spiro atoms. The molecular formula is C12H8F4N2O2S. The molecular weight excluding hydrogens is 312 g/mol. The van der Waals surface area contributed by atoms with Crippen molar-refractivity contribution in [3.63, 3.8) is 0 Å². The SMILES string of the molecule is O=[N+]([O-])c1cc(CNc2ccc(F)c(C(F)(F)F)c2)cs1. The van der Waals surface area contributed by atoms with Gasteiger partial charge in [0.05, 0.1) is 10.5 Å². The predicted octanol–water partition coefficient (Wildman–Crippen LogP) is 4.43. The zero-order valence-electron chi connectivity index (χ0n) is 10.3. The summed E-state index contributed by atoms with van der Waals surface area (Å²) >= 11 is 0.924. The molecule has 0 saturated carbocycles. The van der Waals surface area contributed by atoms with Gasteiger partial charge in [-0.05, 0) is 23.8 Å². The summed E-state index contributed by atoms with van der Waals surface area (Å²) in [7, 11) is 0. The van der Waals surface area contributed by atoms with Crippen LogP contribution in [0.4, 0.5) is 28.3 Å². The number of thiophene rings is 1. The van der Waals surface area contributed by atoms with E-state index >= 15 is 0 Å². The van der Waals surface area contributed by atoms with Crippen molar-refractivity contribution >= 4 is 22.0 Å². The number of nitro groups is 1. The molecule has 112 valence electrons. The lowest BCUT2D eigenvalue weighted by atomic mass is 10.1. The second-order valence-corrected chi connectivity index (χ2v) is 4.99. The van der Waals surface area contributed by atoms with Crippen LogP contribution in [0.3, 0.4) is 0 Å². The van der Waals surface area contributed by atoms with Crippen molar-refractivity contribution in [2.24, 2.45) is 0 Å². The normalized spacial score (nSPS) is 11.4. The average molecular weight is 320 g/mol. The van der Waals surface area contributed by atoms with E-state index in [4.69, 9.17) is 0 Å². The van der Waals surface area contributed by atoms with Gasteiger partial charge in [-0.25, -0.2) is 4.39 Å². The fourth-order valence-corrected chi connectivity index (χ4v) is 2.34. The molecule has 1 heterocycles. The third-order valence-corrected chi connectivity index (χ3v) is 3.52. The van der Waals surface area contributed by atoms with Crippen LogP contribution in [0.2, 0.25) is 0 Å². The van der Waals surface area contributed by atoms with Gasteiger partial charge in [0.25, 0.3) is 0 Å². The van der Waals surface area contributed by atoms with Gasteiger partial charge in [0.15, 0.2) is 0 Å². The summed E-state index contributed by atoms with van der Waals surface area (Å²) in [5, 5.41) is 14.7. The summed E-state index contributed by atoms with van der Waals surface area (Å²) in [4.78, 5) is 9.96. The Morgan fingerprint density at radius 3 is 2.57 bits per heavy atom. The number of nitrogens with zero attached hydrogens (tertiary/aromatic N) is 1. The Hall–Kier alpha value is -2.16. The smallest absolute Gasteiger partial charge is 0.381 e. The standard InChI is InChI=1S/C12H8F4N2O2S/c13-10-2-1-8(4-9(10)12(14,15)16)17-5-7-3-11(18(19)20)21-6-7/h1-4,6,17H,5H2. The van der Waals surface area contributed by atoms with Crippen LogP contribution in [0.25, 0.3) is 0 Å². The molecule has 0 aliphatic carbocycles. The first-order valence-electron chi connectivity index (χ1n) is 5.60. The first-order valence-corrected chi connectivity index (χ1v) is 6.48. The Morgan fingerprint density at radius 2 is 2.00 bits per heavy atom. The van der Waals surface area contributed by atoms with Crippen molar-refractivity contribution in [3.8, 4) is 0 Å². The zero-order valence-corrected chi connectivity index (χ0v) is 11.1. The van der Waals surface area contributed by atoms with Gasteiger partial charge >= 0.3 is 11.2 Å². The Kier molecular flexibility index (Phi) is 4.12. The number of alkyl halides is 3. The maximum absolute atomic E-state index is 13.1. The minimum absolute atomic E-state index is 0.0538. The van der Waals surface area contributed by atoms with Crippen molar-refractivity contribution in [3.05, 3.63) is 56.7 Å². The summed E-state index contributed by atoms with van der Waals surface area (Å²) in [6.07, 6.45) is -4.77. The van der Waals surface area contributed by atoms with Gasteiger partial charge < -0.3 is 5.32 Å². The monoisotopic (exact) mass is 320 g/mol. The van der Waals surface area contributed by atoms with E-state index in [1.807, 2.05) is 0 Å². The number of halogens is 4. The van der Waals surface area contributed by atoms with Gasteiger partial charge in [0.1, 0.15) is 5.82 Å². The quantitative estimate of drug-likeness (QED) is 0.515. The predicted molar refractivity (Wildman–Crippen MR) is 69.7 cm³/mol. The summed E-state index contributed by atoms with van der Waals surface area (Å²) in [6, 6.07) is 3.88. The average Bonchev–Trinajstić information content (AvgIpc) is 2.85. The fourth-order valence-electron chi connectivity index (χ4n) is 1.61. The topological polar surface area (TPSA) is 55.2 Å². The second kappa shape index (κ2) is 5.68. The Morgan fingerprint density at radius 1 is 1.29 bits per heavy atom. The van der Waals surface area contributed by atoms with Crippen LogP contribution in [0, 0.1) is 15.9 Å². The molecule has 4 nitrogen and oxygen atoms in total. The van der Waals surface area contributed by atoms with Crippen LogP contribution >= 0.6 is 11.3 Å². The van der Waals surface area contributed by atoms with Crippen molar-refractivity contribution in [1.29, 1.82) is 0 Å². The number of nitrogens with one attached hydrogen (secondary N) is 1. The van der Waals surface area contributed by atoms with Crippen LogP contribution < -0.4 is 5.32 Å². The van der Waals surface area contributed by atoms with E-state index < -0.39 is 22.5 Å². The van der Waals surface area contributed by atoms with E-state index in [9.17, 15) is 27.7 Å². The largest absolute Gasteiger partial charge is 0.419 e. The molecule has 1 aromatic heterocycles. The molecule has 0 bridgehead atoms. The van der Waals surface area contributed by atoms with Gasteiger partial charge in [-0.3, -0.25) is 10.1 Å². The Bertz CT molecular complexity index is 670. The molecule has 0 aliphatic heterocycles. The van der Waals surface area contributed by atoms with Crippen molar-refractivity contribution in [2.45, 2.75) is 12.7 Å². The third kappa shape index (κ3) is 3.69. The van der Waals surface area contributed by atoms with Crippen LogP contribution in [-0.2, 0) is 12.7 Å². The highest BCUT2D eigenvalue weighted by Crippen LogP contribution is 2.33. The third-order valence-electron chi connectivity index (χ3n) is 2.59. The van der Waals surface area contributed by atoms with Gasteiger partial charge in [-0.1, -0.05) is 11.3 Å². The number of hydrogen-bond acceptors (Lipinski definition) is 4.